The van der Waals surface area contributed by atoms with Gasteiger partial charge in [0.2, 0.25) is 11.8 Å². The molecular weight excluding hydrogens is 840 g/mol. The fraction of sp³-hybridized carbons (Fsp3) is 0.231. The highest BCUT2D eigenvalue weighted by Crippen LogP contribution is 2.65. The Kier molecular flexibility index (Phi) is 8.80. The number of anilines is 2. The quantitative estimate of drug-likeness (QED) is 0.114. The summed E-state index contributed by atoms with van der Waals surface area (Å²) in [5, 5.41) is 12.2. The van der Waals surface area contributed by atoms with Crippen LogP contribution in [-0.4, -0.2) is 40.9 Å². The Labute approximate surface area is 327 Å². The number of benzene rings is 4. The van der Waals surface area contributed by atoms with E-state index < -0.39 is 46.8 Å². The molecule has 0 bridgehead atoms. The summed E-state index contributed by atoms with van der Waals surface area (Å²) in [6, 6.07) is 23.4. The van der Waals surface area contributed by atoms with Crippen molar-refractivity contribution in [1.29, 1.82) is 0 Å². The Hall–Kier alpha value is -4.10. The number of halogens is 4. The summed E-state index contributed by atoms with van der Waals surface area (Å²) in [5.74, 6) is -5.17. The fourth-order valence-electron chi connectivity index (χ4n) is 8.78. The second-order valence-electron chi connectivity index (χ2n) is 13.4. The molecule has 4 aliphatic rings. The van der Waals surface area contributed by atoms with Gasteiger partial charge in [-0.3, -0.25) is 29.5 Å². The highest BCUT2D eigenvalue weighted by molar-refractivity contribution is 14.1. The number of methoxy groups -OCH3 is 1. The lowest BCUT2D eigenvalue weighted by atomic mass is 9.49. The number of nitrogens with one attached hydrogen (secondary N) is 1. The first-order valence-corrected chi connectivity index (χ1v) is 18.7. The van der Waals surface area contributed by atoms with Crippen molar-refractivity contribution in [2.75, 3.05) is 17.4 Å². The number of fused-ring (bicyclic) bond motifs is 4. The Morgan fingerprint density at radius 3 is 2.25 bits per heavy atom. The number of nitrogens with zero attached hydrogens (tertiary/aromatic N) is 2. The Morgan fingerprint density at radius 2 is 1.58 bits per heavy atom. The van der Waals surface area contributed by atoms with Gasteiger partial charge in [0.05, 0.1) is 46.7 Å². The van der Waals surface area contributed by atoms with E-state index >= 15 is 4.79 Å². The summed E-state index contributed by atoms with van der Waals surface area (Å²) < 4.78 is 6.41. The molecule has 2 heterocycles. The minimum Gasteiger partial charge on any atom is -0.508 e. The number of hydrogen-bond acceptors (Lipinski definition) is 7. The predicted octanol–water partition coefficient (Wildman–Crippen LogP) is 8.16. The van der Waals surface area contributed by atoms with Gasteiger partial charge in [0.15, 0.2) is 0 Å². The number of amides is 4. The maximum atomic E-state index is 15.3. The average molecular weight is 869 g/mol. The van der Waals surface area contributed by atoms with Crippen molar-refractivity contribution in [2.45, 2.75) is 24.2 Å². The van der Waals surface area contributed by atoms with Crippen molar-refractivity contribution in [3.05, 3.63) is 126 Å². The van der Waals surface area contributed by atoms with Crippen LogP contribution in [0.15, 0.2) is 96.6 Å². The Morgan fingerprint density at radius 1 is 0.846 bits per heavy atom. The summed E-state index contributed by atoms with van der Waals surface area (Å²) in [4.78, 5) is 60.0. The van der Waals surface area contributed by atoms with Crippen LogP contribution in [0, 0.1) is 27.2 Å². The second-order valence-corrected chi connectivity index (χ2v) is 15.9. The third-order valence-corrected chi connectivity index (χ3v) is 12.6. The molecule has 4 aromatic carbocycles. The maximum Gasteiger partial charge on any atom is 0.260 e. The highest BCUT2D eigenvalue weighted by Gasteiger charge is 2.70. The Bertz CT molecular complexity index is 2210. The zero-order valence-electron chi connectivity index (χ0n) is 27.4. The molecule has 264 valence electrons. The number of ether oxygens (including phenoxy) is 1. The standard InChI is InChI=1S/C39H29Cl3IN3O6/c1-52-24-10-2-19(3-11-24)39-29(36(49)46(38(39)51)44-32-15-4-20(40)16-31(32)42)18-28-25(34(39)26-12-9-23(47)17-30(26)41)13-14-27-33(28)37(50)45(35(27)48)22-7-5-21(43)6-8-22/h2-13,15-17,27-29,33-34,44,47H,14,18H2,1H3. The van der Waals surface area contributed by atoms with Crippen molar-refractivity contribution in [3.8, 4) is 11.5 Å². The number of phenolic OH excluding ortho intramolecular Hbond substituents is 1. The van der Waals surface area contributed by atoms with Gasteiger partial charge >= 0.3 is 0 Å². The second kappa shape index (κ2) is 13.1. The fourth-order valence-corrected chi connectivity index (χ4v) is 9.88. The van der Waals surface area contributed by atoms with Crippen molar-refractivity contribution in [1.82, 2.24) is 5.01 Å². The molecule has 2 N–H and O–H groups in total. The molecule has 13 heteroatoms. The summed E-state index contributed by atoms with van der Waals surface area (Å²) in [7, 11) is 1.54. The van der Waals surface area contributed by atoms with Crippen molar-refractivity contribution < 1.29 is 29.0 Å². The Balaban J connectivity index is 1.33. The van der Waals surface area contributed by atoms with Crippen molar-refractivity contribution in [2.24, 2.45) is 23.7 Å². The summed E-state index contributed by atoms with van der Waals surface area (Å²) in [6.45, 7) is 0. The lowest BCUT2D eigenvalue weighted by molar-refractivity contribution is -0.138. The normalized spacial score (nSPS) is 26.6. The van der Waals surface area contributed by atoms with Crippen LogP contribution in [0.2, 0.25) is 15.1 Å². The van der Waals surface area contributed by atoms with E-state index in [1.54, 1.807) is 54.6 Å². The molecule has 6 unspecified atom stereocenters. The molecule has 0 radical (unpaired) electrons. The number of aromatic hydroxyl groups is 1. The first-order valence-electron chi connectivity index (χ1n) is 16.5. The van der Waals surface area contributed by atoms with Gasteiger partial charge in [-0.15, -0.1) is 0 Å². The van der Waals surface area contributed by atoms with E-state index in [4.69, 9.17) is 39.5 Å². The molecule has 9 nitrogen and oxygen atoms in total. The van der Waals surface area contributed by atoms with Gasteiger partial charge in [-0.05, 0) is 119 Å². The van der Waals surface area contributed by atoms with E-state index in [1.807, 2.05) is 18.2 Å². The maximum absolute atomic E-state index is 15.3. The first kappa shape index (κ1) is 35.0. The van der Waals surface area contributed by atoms with Crippen LogP contribution in [-0.2, 0) is 24.6 Å². The number of allylic oxidation sites excluding steroid dienone is 2. The molecule has 6 atom stereocenters. The van der Waals surface area contributed by atoms with Crippen LogP contribution in [0.5, 0.6) is 11.5 Å². The minimum absolute atomic E-state index is 0.0759. The third-order valence-electron chi connectivity index (χ3n) is 11.0. The van der Waals surface area contributed by atoms with Gasteiger partial charge in [0, 0.05) is 19.5 Å². The van der Waals surface area contributed by atoms with Crippen molar-refractivity contribution in [3.63, 3.8) is 0 Å². The van der Waals surface area contributed by atoms with Gasteiger partial charge in [-0.2, -0.15) is 5.01 Å². The number of carbonyl (C=O) groups excluding carboxylic acids is 4. The molecule has 0 aromatic heterocycles. The number of hydrogen-bond donors (Lipinski definition) is 2. The largest absolute Gasteiger partial charge is 0.508 e. The summed E-state index contributed by atoms with van der Waals surface area (Å²) in [5.41, 5.74) is 3.94. The topological polar surface area (TPSA) is 116 Å². The summed E-state index contributed by atoms with van der Waals surface area (Å²) in [6.07, 6.45) is 2.30. The number of phenols is 1. The van der Waals surface area contributed by atoms with Crippen LogP contribution in [0.3, 0.4) is 0 Å². The zero-order valence-corrected chi connectivity index (χ0v) is 31.8. The smallest absolute Gasteiger partial charge is 0.260 e. The molecule has 2 saturated heterocycles. The molecule has 4 aromatic rings. The van der Waals surface area contributed by atoms with E-state index in [1.165, 1.54) is 30.2 Å². The molecule has 52 heavy (non-hydrogen) atoms. The van der Waals surface area contributed by atoms with Gasteiger partial charge in [-0.25, -0.2) is 0 Å². The highest BCUT2D eigenvalue weighted by atomic mass is 127. The van der Waals surface area contributed by atoms with E-state index in [0.717, 1.165) is 14.2 Å². The van der Waals surface area contributed by atoms with Gasteiger partial charge in [0.1, 0.15) is 11.5 Å². The predicted molar refractivity (Wildman–Crippen MR) is 205 cm³/mol. The molecule has 3 fully saturated rings. The first-order chi connectivity index (χ1) is 24.9. The summed E-state index contributed by atoms with van der Waals surface area (Å²) >= 11 is 21.8. The van der Waals surface area contributed by atoms with Crippen LogP contribution >= 0.6 is 57.4 Å². The monoisotopic (exact) mass is 867 g/mol. The molecule has 2 aliphatic carbocycles. The van der Waals surface area contributed by atoms with E-state index in [-0.39, 0.29) is 46.1 Å². The van der Waals surface area contributed by atoms with E-state index in [9.17, 15) is 19.5 Å². The van der Waals surface area contributed by atoms with Crippen LogP contribution < -0.4 is 15.1 Å². The molecule has 4 amide bonds. The van der Waals surface area contributed by atoms with Gasteiger partial charge < -0.3 is 9.84 Å². The van der Waals surface area contributed by atoms with E-state index in [0.29, 0.717) is 27.6 Å². The average Bonchev–Trinajstić information content (AvgIpc) is 3.51. The third kappa shape index (κ3) is 5.24. The SMILES string of the molecule is COc1ccc(C23C(=O)N(Nc4ccc(Cl)cc4Cl)C(=O)C2CC2C(=CCC4C(=O)N(c5ccc(I)cc5)C(=O)C42)C3c2ccc(O)cc2Cl)cc1. The van der Waals surface area contributed by atoms with Gasteiger partial charge in [0.25, 0.3) is 11.8 Å². The molecule has 2 aliphatic heterocycles. The van der Waals surface area contributed by atoms with E-state index in [2.05, 4.69) is 28.0 Å². The zero-order chi connectivity index (χ0) is 36.6. The number of rotatable bonds is 6. The lowest BCUT2D eigenvalue weighted by Gasteiger charge is -2.50. The minimum atomic E-state index is -1.58. The van der Waals surface area contributed by atoms with Crippen molar-refractivity contribution >= 4 is 92.4 Å². The van der Waals surface area contributed by atoms with Gasteiger partial charge in [-0.1, -0.05) is 64.7 Å². The number of imide groups is 2. The lowest BCUT2D eigenvalue weighted by Crippen LogP contribution is -2.53. The molecule has 0 spiro atoms. The van der Waals surface area contributed by atoms with Crippen LogP contribution in [0.4, 0.5) is 11.4 Å². The molecular formula is C39H29Cl3IN3O6. The molecule has 1 saturated carbocycles. The molecule has 8 rings (SSSR count). The number of carbonyl (C=O) groups is 4. The van der Waals surface area contributed by atoms with Crippen LogP contribution in [0.1, 0.15) is 29.9 Å². The number of hydrazine groups is 1. The van der Waals surface area contributed by atoms with Crippen LogP contribution in [0.25, 0.3) is 0 Å².